The van der Waals surface area contributed by atoms with Gasteiger partial charge in [0.25, 0.3) is 0 Å². The Labute approximate surface area is 52.0 Å². The summed E-state index contributed by atoms with van der Waals surface area (Å²) in [6.07, 6.45) is 0.644. The molecule has 0 rings (SSSR count). The predicted octanol–water partition coefficient (Wildman–Crippen LogP) is 0.273. The van der Waals surface area contributed by atoms with Crippen LogP contribution in [-0.4, -0.2) is 17.6 Å². The lowest BCUT2D eigenvalue weighted by molar-refractivity contribution is -0.136. The molecular weight excluding hydrogens is 125 g/mol. The average Bonchev–Trinajstić information content (AvgIpc) is 1.83. The Morgan fingerprint density at radius 1 is 1.78 bits per heavy atom. The van der Waals surface area contributed by atoms with Crippen LogP contribution in [0, 0.1) is 0 Å². The molecule has 0 spiro atoms. The fourth-order valence-electron chi connectivity index (χ4n) is 0.281. The number of rotatable bonds is 3. The van der Waals surface area contributed by atoms with Crippen molar-refractivity contribution in [3.8, 4) is 0 Å². The van der Waals surface area contributed by atoms with Crippen LogP contribution >= 0.6 is 0 Å². The van der Waals surface area contributed by atoms with Gasteiger partial charge in [0, 0.05) is 6.54 Å². The summed E-state index contributed by atoms with van der Waals surface area (Å²) in [5.41, 5.74) is 4.82. The minimum Gasteiger partial charge on any atom is -0.481 e. The third kappa shape index (κ3) is 4.96. The van der Waals surface area contributed by atoms with Crippen molar-refractivity contribution < 1.29 is 14.3 Å². The zero-order valence-electron chi connectivity index (χ0n) is 4.80. The standard InChI is InChI=1S/C5H8FNO2/c6-4(3-7)1-2-5(8)9/h1H,2-3,7H2,(H,8,9)/b4-1-. The summed E-state index contributed by atoms with van der Waals surface area (Å²) >= 11 is 0. The van der Waals surface area contributed by atoms with Crippen molar-refractivity contribution in [2.45, 2.75) is 6.42 Å². The molecule has 0 aliphatic rings. The molecule has 0 radical (unpaired) electrons. The van der Waals surface area contributed by atoms with Crippen LogP contribution < -0.4 is 5.73 Å². The summed E-state index contributed by atoms with van der Waals surface area (Å²) in [6.45, 7) is -0.229. The van der Waals surface area contributed by atoms with E-state index in [0.717, 1.165) is 6.08 Å². The van der Waals surface area contributed by atoms with Gasteiger partial charge in [-0.3, -0.25) is 4.79 Å². The molecule has 0 amide bonds. The monoisotopic (exact) mass is 133 g/mol. The second-order valence-electron chi connectivity index (χ2n) is 1.45. The van der Waals surface area contributed by atoms with Gasteiger partial charge < -0.3 is 10.8 Å². The van der Waals surface area contributed by atoms with E-state index in [1.165, 1.54) is 0 Å². The lowest BCUT2D eigenvalue weighted by atomic mass is 10.3. The summed E-state index contributed by atoms with van der Waals surface area (Å²) in [4.78, 5) is 9.77. The van der Waals surface area contributed by atoms with Crippen molar-refractivity contribution in [2.75, 3.05) is 6.54 Å². The molecule has 0 fully saturated rings. The highest BCUT2D eigenvalue weighted by Gasteiger charge is 1.93. The largest absolute Gasteiger partial charge is 0.481 e. The molecule has 0 unspecified atom stereocenters. The smallest absolute Gasteiger partial charge is 0.307 e. The number of carboxylic acids is 1. The molecule has 9 heavy (non-hydrogen) atoms. The van der Waals surface area contributed by atoms with Crippen LogP contribution in [0.15, 0.2) is 11.9 Å². The van der Waals surface area contributed by atoms with E-state index in [9.17, 15) is 9.18 Å². The van der Waals surface area contributed by atoms with Crippen LogP contribution in [0.1, 0.15) is 6.42 Å². The fourth-order valence-corrected chi connectivity index (χ4v) is 0.281. The topological polar surface area (TPSA) is 63.3 Å². The first-order valence-corrected chi connectivity index (χ1v) is 2.43. The van der Waals surface area contributed by atoms with Gasteiger partial charge >= 0.3 is 5.97 Å². The Bertz CT molecular complexity index is 133. The molecule has 0 aromatic heterocycles. The third-order valence-electron chi connectivity index (χ3n) is 0.693. The van der Waals surface area contributed by atoms with Gasteiger partial charge in [-0.1, -0.05) is 0 Å². The van der Waals surface area contributed by atoms with E-state index in [-0.39, 0.29) is 13.0 Å². The van der Waals surface area contributed by atoms with Crippen LogP contribution in [0.4, 0.5) is 4.39 Å². The van der Waals surface area contributed by atoms with Gasteiger partial charge in [-0.05, 0) is 6.08 Å². The van der Waals surface area contributed by atoms with Crippen molar-refractivity contribution in [1.82, 2.24) is 0 Å². The Morgan fingerprint density at radius 2 is 2.33 bits per heavy atom. The number of carboxylic acid groups (broad SMARTS) is 1. The molecule has 52 valence electrons. The zero-order valence-corrected chi connectivity index (χ0v) is 4.80. The second kappa shape index (κ2) is 4.03. The molecule has 0 heterocycles. The molecule has 0 aliphatic carbocycles. The maximum Gasteiger partial charge on any atom is 0.307 e. The number of hydrogen-bond donors (Lipinski definition) is 2. The summed E-state index contributed by atoms with van der Waals surface area (Å²) in [5, 5.41) is 8.01. The first-order chi connectivity index (χ1) is 4.16. The van der Waals surface area contributed by atoms with Gasteiger partial charge in [0.2, 0.25) is 0 Å². The van der Waals surface area contributed by atoms with Crippen molar-refractivity contribution in [3.63, 3.8) is 0 Å². The van der Waals surface area contributed by atoms with Crippen LogP contribution in [-0.2, 0) is 4.79 Å². The number of carbonyl (C=O) groups is 1. The SMILES string of the molecule is NC/C(F)=C/CC(=O)O. The Balaban J connectivity index is 3.56. The lowest BCUT2D eigenvalue weighted by Gasteiger charge is -1.86. The molecule has 0 aromatic rings. The molecule has 0 bridgehead atoms. The van der Waals surface area contributed by atoms with E-state index in [1.54, 1.807) is 0 Å². The summed E-state index contributed by atoms with van der Waals surface area (Å²) in [6, 6.07) is 0. The van der Waals surface area contributed by atoms with Gasteiger partial charge in [0.1, 0.15) is 5.83 Å². The number of aliphatic carboxylic acids is 1. The maximum atomic E-state index is 12.0. The highest BCUT2D eigenvalue weighted by Crippen LogP contribution is 1.94. The summed E-state index contributed by atoms with van der Waals surface area (Å²) in [7, 11) is 0. The zero-order chi connectivity index (χ0) is 7.28. The first kappa shape index (κ1) is 8.10. The van der Waals surface area contributed by atoms with E-state index < -0.39 is 11.8 Å². The summed E-state index contributed by atoms with van der Waals surface area (Å²) in [5.74, 6) is -1.64. The molecule has 0 aliphatic heterocycles. The average molecular weight is 133 g/mol. The highest BCUT2D eigenvalue weighted by molar-refractivity contribution is 5.68. The van der Waals surface area contributed by atoms with Gasteiger partial charge in [0.15, 0.2) is 0 Å². The van der Waals surface area contributed by atoms with Gasteiger partial charge in [-0.25, -0.2) is 4.39 Å². The summed E-state index contributed by atoms with van der Waals surface area (Å²) < 4.78 is 12.0. The van der Waals surface area contributed by atoms with E-state index in [2.05, 4.69) is 0 Å². The Hall–Kier alpha value is -0.900. The van der Waals surface area contributed by atoms with Gasteiger partial charge in [-0.15, -0.1) is 0 Å². The van der Waals surface area contributed by atoms with Crippen molar-refractivity contribution in [2.24, 2.45) is 5.73 Å². The molecule has 3 N–H and O–H groups in total. The third-order valence-corrected chi connectivity index (χ3v) is 0.693. The maximum absolute atomic E-state index is 12.0. The van der Waals surface area contributed by atoms with Crippen molar-refractivity contribution >= 4 is 5.97 Å². The van der Waals surface area contributed by atoms with Crippen LogP contribution in [0.2, 0.25) is 0 Å². The molecule has 0 saturated heterocycles. The van der Waals surface area contributed by atoms with Crippen LogP contribution in [0.5, 0.6) is 0 Å². The van der Waals surface area contributed by atoms with Crippen molar-refractivity contribution in [1.29, 1.82) is 0 Å². The number of halogens is 1. The molecule has 3 nitrogen and oxygen atoms in total. The molecule has 0 aromatic carbocycles. The molecule has 4 heteroatoms. The normalized spacial score (nSPS) is 11.6. The second-order valence-corrected chi connectivity index (χ2v) is 1.45. The van der Waals surface area contributed by atoms with E-state index in [0.29, 0.717) is 0 Å². The van der Waals surface area contributed by atoms with Crippen molar-refractivity contribution in [3.05, 3.63) is 11.9 Å². The number of hydrogen-bond acceptors (Lipinski definition) is 2. The highest BCUT2D eigenvalue weighted by atomic mass is 19.1. The van der Waals surface area contributed by atoms with E-state index in [4.69, 9.17) is 10.8 Å². The van der Waals surface area contributed by atoms with Gasteiger partial charge in [-0.2, -0.15) is 0 Å². The van der Waals surface area contributed by atoms with Crippen LogP contribution in [0.3, 0.4) is 0 Å². The fraction of sp³-hybridized carbons (Fsp3) is 0.400. The molecule has 0 saturated carbocycles. The van der Waals surface area contributed by atoms with Crippen LogP contribution in [0.25, 0.3) is 0 Å². The minimum atomic E-state index is -1.06. The minimum absolute atomic E-state index is 0.229. The Morgan fingerprint density at radius 3 is 2.67 bits per heavy atom. The predicted molar refractivity (Wildman–Crippen MR) is 30.5 cm³/mol. The molecule has 0 atom stereocenters. The quantitative estimate of drug-likeness (QED) is 0.581. The van der Waals surface area contributed by atoms with E-state index >= 15 is 0 Å². The first-order valence-electron chi connectivity index (χ1n) is 2.43. The van der Waals surface area contributed by atoms with Gasteiger partial charge in [0.05, 0.1) is 6.42 Å². The lowest BCUT2D eigenvalue weighted by Crippen LogP contribution is -2.00. The Kier molecular flexibility index (Phi) is 3.62. The molecular formula is C5H8FNO2. The van der Waals surface area contributed by atoms with E-state index in [1.807, 2.05) is 0 Å². The number of nitrogens with two attached hydrogens (primary N) is 1.